The van der Waals surface area contributed by atoms with Gasteiger partial charge in [-0.05, 0) is 37.6 Å². The molecule has 3 aromatic heterocycles. The number of methoxy groups -OCH3 is 3. The number of aromatic nitrogens is 6. The second kappa shape index (κ2) is 12.2. The average Bonchev–Trinajstić information content (AvgIpc) is 3.50. The second-order valence-corrected chi connectivity index (χ2v) is 10.6. The Kier molecular flexibility index (Phi) is 8.15. The Hall–Kier alpha value is -5.34. The molecule has 6 rings (SSSR count). The number of ether oxygens (including phenoxy) is 4. The van der Waals surface area contributed by atoms with Gasteiger partial charge in [0.2, 0.25) is 11.7 Å². The molecule has 240 valence electrons. The van der Waals surface area contributed by atoms with Gasteiger partial charge in [-0.15, -0.1) is 10.2 Å². The van der Waals surface area contributed by atoms with E-state index in [-0.39, 0.29) is 31.3 Å². The maximum absolute atomic E-state index is 13.5. The van der Waals surface area contributed by atoms with Crippen LogP contribution in [0.5, 0.6) is 28.9 Å². The predicted octanol–water partition coefficient (Wildman–Crippen LogP) is 5.70. The number of halogens is 3. The number of alkyl halides is 3. The van der Waals surface area contributed by atoms with Crippen molar-refractivity contribution < 1.29 is 32.1 Å². The minimum Gasteiger partial charge on any atom is -0.497 e. The number of aryl methyl sites for hydroxylation is 1. The highest BCUT2D eigenvalue weighted by Crippen LogP contribution is 2.40. The number of pyridine rings is 1. The van der Waals surface area contributed by atoms with Crippen LogP contribution in [0.4, 0.5) is 24.8 Å². The van der Waals surface area contributed by atoms with Gasteiger partial charge >= 0.3 is 6.18 Å². The first-order valence-corrected chi connectivity index (χ1v) is 14.3. The molecule has 46 heavy (non-hydrogen) atoms. The summed E-state index contributed by atoms with van der Waals surface area (Å²) < 4.78 is 64.4. The highest BCUT2D eigenvalue weighted by atomic mass is 19.4. The summed E-state index contributed by atoms with van der Waals surface area (Å²) in [5.74, 6) is 2.77. The Morgan fingerprint density at radius 1 is 0.913 bits per heavy atom. The van der Waals surface area contributed by atoms with E-state index in [9.17, 15) is 13.2 Å². The number of nitrogens with zero attached hydrogens (tertiary/aromatic N) is 7. The Labute approximate surface area is 262 Å². The zero-order valence-corrected chi connectivity index (χ0v) is 25.8. The Morgan fingerprint density at radius 2 is 1.72 bits per heavy atom. The van der Waals surface area contributed by atoms with Gasteiger partial charge in [-0.2, -0.15) is 18.2 Å². The van der Waals surface area contributed by atoms with Gasteiger partial charge in [0.1, 0.15) is 46.3 Å². The quantitative estimate of drug-likeness (QED) is 0.214. The van der Waals surface area contributed by atoms with Crippen LogP contribution in [0.2, 0.25) is 0 Å². The Balaban J connectivity index is 1.42. The summed E-state index contributed by atoms with van der Waals surface area (Å²) in [6.45, 7) is 4.47. The molecule has 12 nitrogen and oxygen atoms in total. The number of hydrogen-bond donors (Lipinski definition) is 1. The molecular weight excluding hydrogens is 605 g/mol. The van der Waals surface area contributed by atoms with Gasteiger partial charge in [0.05, 0.1) is 33.4 Å². The smallest absolute Gasteiger partial charge is 0.451 e. The van der Waals surface area contributed by atoms with Crippen molar-refractivity contribution in [2.75, 3.05) is 38.1 Å². The molecule has 0 fully saturated rings. The lowest BCUT2D eigenvalue weighted by molar-refractivity contribution is -0.147. The van der Waals surface area contributed by atoms with E-state index in [2.05, 4.69) is 25.5 Å². The number of nitrogens with one attached hydrogen (secondary N) is 1. The Bertz CT molecular complexity index is 1910. The molecule has 1 aliphatic heterocycles. The lowest BCUT2D eigenvalue weighted by Gasteiger charge is -2.29. The first-order valence-electron chi connectivity index (χ1n) is 14.3. The molecule has 0 saturated carbocycles. The molecule has 0 amide bonds. The number of anilines is 2. The number of fused-ring (bicyclic) bond motifs is 2. The van der Waals surface area contributed by atoms with Gasteiger partial charge in [-0.1, -0.05) is 6.07 Å². The minimum absolute atomic E-state index is 0.0292. The van der Waals surface area contributed by atoms with E-state index in [1.807, 2.05) is 43.0 Å². The molecule has 1 N–H and O–H groups in total. The number of benzene rings is 2. The standard InChI is InChI=1S/C31H31F3N8O4/c1-17-6-9-22(44-4)18(2)27(17)46-29-26-21(36-16-37-28(26)35-14-19-7-8-20(43-3)12-23(19)45-5)13-24(38-29)41-10-11-42-25(15-41)39-40-30(42)31(32,33)34/h6-9,12-13,16H,10-11,14-15H2,1-5H3,(H,35,36,37). The number of hydrogen-bond acceptors (Lipinski definition) is 11. The molecule has 0 bridgehead atoms. The van der Waals surface area contributed by atoms with E-state index in [1.54, 1.807) is 33.5 Å². The summed E-state index contributed by atoms with van der Waals surface area (Å²) in [5, 5.41) is 11.1. The third kappa shape index (κ3) is 5.75. The molecule has 5 aromatic rings. The van der Waals surface area contributed by atoms with Crippen molar-refractivity contribution in [1.29, 1.82) is 0 Å². The molecule has 0 spiro atoms. The molecule has 0 saturated heterocycles. The van der Waals surface area contributed by atoms with Crippen molar-refractivity contribution >= 4 is 22.5 Å². The largest absolute Gasteiger partial charge is 0.497 e. The van der Waals surface area contributed by atoms with Crippen LogP contribution in [-0.2, 0) is 25.8 Å². The van der Waals surface area contributed by atoms with Crippen LogP contribution in [0, 0.1) is 13.8 Å². The molecule has 2 aromatic carbocycles. The second-order valence-electron chi connectivity index (χ2n) is 10.6. The maximum Gasteiger partial charge on any atom is 0.451 e. The van der Waals surface area contributed by atoms with E-state index in [0.717, 1.165) is 21.3 Å². The summed E-state index contributed by atoms with van der Waals surface area (Å²) >= 11 is 0. The molecule has 0 unspecified atom stereocenters. The van der Waals surface area contributed by atoms with Crippen LogP contribution >= 0.6 is 0 Å². The first-order chi connectivity index (χ1) is 22.1. The topological polar surface area (TPSA) is 122 Å². The predicted molar refractivity (Wildman–Crippen MR) is 163 cm³/mol. The average molecular weight is 637 g/mol. The van der Waals surface area contributed by atoms with E-state index >= 15 is 0 Å². The van der Waals surface area contributed by atoms with Gasteiger partial charge in [0, 0.05) is 42.9 Å². The maximum atomic E-state index is 13.5. The fraction of sp³-hybridized carbons (Fsp3) is 0.323. The van der Waals surface area contributed by atoms with Crippen molar-refractivity contribution in [3.05, 3.63) is 71.1 Å². The molecule has 0 aliphatic carbocycles. The van der Waals surface area contributed by atoms with E-state index in [0.29, 0.717) is 52.1 Å². The highest BCUT2D eigenvalue weighted by molar-refractivity contribution is 5.95. The van der Waals surface area contributed by atoms with Gasteiger partial charge in [0.25, 0.3) is 0 Å². The van der Waals surface area contributed by atoms with Crippen LogP contribution in [0.3, 0.4) is 0 Å². The van der Waals surface area contributed by atoms with Crippen molar-refractivity contribution in [3.8, 4) is 28.9 Å². The van der Waals surface area contributed by atoms with E-state index in [4.69, 9.17) is 23.9 Å². The summed E-state index contributed by atoms with van der Waals surface area (Å²) in [5.41, 5.74) is 2.99. The van der Waals surface area contributed by atoms with Crippen LogP contribution in [0.25, 0.3) is 10.9 Å². The summed E-state index contributed by atoms with van der Waals surface area (Å²) in [6, 6.07) is 11.0. The lowest BCUT2D eigenvalue weighted by Crippen LogP contribution is -2.35. The van der Waals surface area contributed by atoms with Crippen LogP contribution in [0.1, 0.15) is 28.3 Å². The monoisotopic (exact) mass is 636 g/mol. The molecule has 15 heteroatoms. The fourth-order valence-corrected chi connectivity index (χ4v) is 5.43. The zero-order valence-electron chi connectivity index (χ0n) is 25.8. The number of rotatable bonds is 9. The molecule has 0 radical (unpaired) electrons. The third-order valence-electron chi connectivity index (χ3n) is 7.82. The van der Waals surface area contributed by atoms with Crippen molar-refractivity contribution in [2.24, 2.45) is 0 Å². The van der Waals surface area contributed by atoms with Crippen LogP contribution < -0.4 is 29.2 Å². The van der Waals surface area contributed by atoms with Crippen molar-refractivity contribution in [3.63, 3.8) is 0 Å². The van der Waals surface area contributed by atoms with Crippen LogP contribution in [0.15, 0.2) is 42.7 Å². The van der Waals surface area contributed by atoms with Gasteiger partial charge in [-0.3, -0.25) is 0 Å². The zero-order chi connectivity index (χ0) is 32.6. The third-order valence-corrected chi connectivity index (χ3v) is 7.82. The molecule has 1 aliphatic rings. The summed E-state index contributed by atoms with van der Waals surface area (Å²) in [7, 11) is 4.75. The molecular formula is C31H31F3N8O4. The SMILES string of the molecule is COc1ccc(CNc2ncnc3cc(N4CCn5c(nnc5C(F)(F)F)C4)nc(Oc4c(C)ccc(OC)c4C)c23)c(OC)c1. The van der Waals surface area contributed by atoms with E-state index < -0.39 is 12.0 Å². The fourth-order valence-electron chi connectivity index (χ4n) is 5.43. The highest BCUT2D eigenvalue weighted by Gasteiger charge is 2.39. The first kappa shape index (κ1) is 30.7. The molecule has 4 heterocycles. The van der Waals surface area contributed by atoms with E-state index in [1.165, 1.54) is 6.33 Å². The van der Waals surface area contributed by atoms with Gasteiger partial charge in [0.15, 0.2) is 5.82 Å². The lowest BCUT2D eigenvalue weighted by atomic mass is 10.1. The molecule has 0 atom stereocenters. The van der Waals surface area contributed by atoms with Crippen LogP contribution in [-0.4, -0.2) is 57.6 Å². The Morgan fingerprint density at radius 3 is 2.46 bits per heavy atom. The summed E-state index contributed by atoms with van der Waals surface area (Å²) in [4.78, 5) is 15.7. The summed E-state index contributed by atoms with van der Waals surface area (Å²) in [6.07, 6.45) is -3.17. The minimum atomic E-state index is -4.60. The normalized spacial score (nSPS) is 13.0. The van der Waals surface area contributed by atoms with Crippen molar-refractivity contribution in [2.45, 2.75) is 39.7 Å². The van der Waals surface area contributed by atoms with Gasteiger partial charge in [-0.25, -0.2) is 9.97 Å². The van der Waals surface area contributed by atoms with Gasteiger partial charge < -0.3 is 33.7 Å². The van der Waals surface area contributed by atoms with Crippen molar-refractivity contribution in [1.82, 2.24) is 29.7 Å².